The Morgan fingerprint density at radius 3 is 2.85 bits per heavy atom. The Morgan fingerprint density at radius 1 is 1.40 bits per heavy atom. The Balaban J connectivity index is 2.07. The van der Waals surface area contributed by atoms with Gasteiger partial charge in [0, 0.05) is 18.2 Å². The molecule has 0 amide bonds. The Morgan fingerprint density at radius 2 is 2.20 bits per heavy atom. The van der Waals surface area contributed by atoms with Crippen molar-refractivity contribution < 1.29 is 22.7 Å². The third kappa shape index (κ3) is 3.38. The van der Waals surface area contributed by atoms with Crippen LogP contribution in [0.15, 0.2) is 52.2 Å². The van der Waals surface area contributed by atoms with E-state index < -0.39 is 16.1 Å². The Bertz CT molecular complexity index is 651. The van der Waals surface area contributed by atoms with Crippen LogP contribution in [-0.4, -0.2) is 27.2 Å². The van der Waals surface area contributed by atoms with Gasteiger partial charge in [-0.3, -0.25) is 0 Å². The van der Waals surface area contributed by atoms with Gasteiger partial charge in [-0.2, -0.15) is 0 Å². The molecule has 0 aliphatic carbocycles. The quantitative estimate of drug-likeness (QED) is 0.839. The molecule has 0 spiro atoms. The monoisotopic (exact) mass is 297 g/mol. The predicted molar refractivity (Wildman–Crippen MR) is 71.9 cm³/mol. The van der Waals surface area contributed by atoms with Gasteiger partial charge in [0.1, 0.15) is 5.75 Å². The number of sulfonamides is 1. The molecule has 6 nitrogen and oxygen atoms in total. The normalized spacial score (nSPS) is 13.1. The second kappa shape index (κ2) is 6.08. The number of nitrogens with one attached hydrogen (secondary N) is 1. The summed E-state index contributed by atoms with van der Waals surface area (Å²) in [4.78, 5) is 0.0799. The zero-order valence-corrected chi connectivity index (χ0v) is 11.6. The highest BCUT2D eigenvalue weighted by atomic mass is 32.2. The molecule has 20 heavy (non-hydrogen) atoms. The molecule has 1 atom stereocenters. The van der Waals surface area contributed by atoms with E-state index in [-0.39, 0.29) is 11.4 Å². The summed E-state index contributed by atoms with van der Waals surface area (Å²) >= 11 is 0. The van der Waals surface area contributed by atoms with Crippen LogP contribution in [-0.2, 0) is 10.0 Å². The van der Waals surface area contributed by atoms with Crippen LogP contribution < -0.4 is 9.46 Å². The summed E-state index contributed by atoms with van der Waals surface area (Å²) in [5, 5.41) is 9.81. The average Bonchev–Trinajstić information content (AvgIpc) is 2.99. The van der Waals surface area contributed by atoms with Gasteiger partial charge in [-0.05, 0) is 18.2 Å². The molecule has 1 unspecified atom stereocenters. The number of hydrogen-bond acceptors (Lipinski definition) is 5. The zero-order valence-electron chi connectivity index (χ0n) is 10.8. The van der Waals surface area contributed by atoms with Gasteiger partial charge in [-0.15, -0.1) is 0 Å². The summed E-state index contributed by atoms with van der Waals surface area (Å²) in [5.74, 6) is 0.447. The topological polar surface area (TPSA) is 88.8 Å². The Kier molecular flexibility index (Phi) is 4.43. The number of methoxy groups -OCH3 is 1. The van der Waals surface area contributed by atoms with Crippen LogP contribution in [0.1, 0.15) is 11.7 Å². The number of aliphatic hydroxyl groups is 1. The van der Waals surface area contributed by atoms with Crippen LogP contribution >= 0.6 is 0 Å². The minimum absolute atomic E-state index is 0.0799. The molecule has 0 saturated carbocycles. The molecule has 0 radical (unpaired) electrons. The second-order valence-corrected chi connectivity index (χ2v) is 5.87. The van der Waals surface area contributed by atoms with Crippen LogP contribution in [0.4, 0.5) is 0 Å². The van der Waals surface area contributed by atoms with E-state index >= 15 is 0 Å². The van der Waals surface area contributed by atoms with Crippen LogP contribution in [0.25, 0.3) is 0 Å². The van der Waals surface area contributed by atoms with E-state index in [1.54, 1.807) is 18.2 Å². The molecule has 0 aliphatic heterocycles. The number of aliphatic hydroxyl groups excluding tert-OH is 1. The maximum atomic E-state index is 12.1. The molecule has 2 rings (SSSR count). The first-order valence-electron chi connectivity index (χ1n) is 5.87. The van der Waals surface area contributed by atoms with E-state index in [1.165, 1.54) is 31.8 Å². The molecule has 0 bridgehead atoms. The van der Waals surface area contributed by atoms with E-state index in [4.69, 9.17) is 9.15 Å². The maximum absolute atomic E-state index is 12.1. The third-order valence-corrected chi connectivity index (χ3v) is 4.17. The minimum atomic E-state index is -3.70. The first-order valence-corrected chi connectivity index (χ1v) is 7.35. The number of hydrogen-bond donors (Lipinski definition) is 2. The van der Waals surface area contributed by atoms with E-state index in [9.17, 15) is 13.5 Å². The van der Waals surface area contributed by atoms with Crippen molar-refractivity contribution in [1.82, 2.24) is 4.72 Å². The molecular formula is C13H15NO5S. The lowest BCUT2D eigenvalue weighted by molar-refractivity contribution is 0.181. The van der Waals surface area contributed by atoms with Gasteiger partial charge < -0.3 is 14.3 Å². The second-order valence-electron chi connectivity index (χ2n) is 4.10. The van der Waals surface area contributed by atoms with E-state index in [0.717, 1.165) is 0 Å². The SMILES string of the molecule is COc1cccc(S(=O)(=O)NCC(O)c2ccoc2)c1. The van der Waals surface area contributed by atoms with E-state index in [1.807, 2.05) is 0 Å². The van der Waals surface area contributed by atoms with Crippen LogP contribution in [0.5, 0.6) is 5.75 Å². The Labute approximate surface area is 117 Å². The summed E-state index contributed by atoms with van der Waals surface area (Å²) in [6.07, 6.45) is 1.81. The molecule has 108 valence electrons. The molecule has 0 fully saturated rings. The van der Waals surface area contributed by atoms with Crippen molar-refractivity contribution in [1.29, 1.82) is 0 Å². The third-order valence-electron chi connectivity index (χ3n) is 2.75. The number of rotatable bonds is 6. The van der Waals surface area contributed by atoms with Crippen LogP contribution in [0.2, 0.25) is 0 Å². The van der Waals surface area contributed by atoms with Crippen molar-refractivity contribution in [3.63, 3.8) is 0 Å². The van der Waals surface area contributed by atoms with Crippen LogP contribution in [0, 0.1) is 0 Å². The largest absolute Gasteiger partial charge is 0.497 e. The van der Waals surface area contributed by atoms with Crippen molar-refractivity contribution in [2.24, 2.45) is 0 Å². The molecule has 0 saturated heterocycles. The summed E-state index contributed by atoms with van der Waals surface area (Å²) in [6.45, 7) is -0.140. The van der Waals surface area contributed by atoms with Gasteiger partial charge in [0.15, 0.2) is 0 Å². The number of benzene rings is 1. The van der Waals surface area contributed by atoms with E-state index in [2.05, 4.69) is 4.72 Å². The summed E-state index contributed by atoms with van der Waals surface area (Å²) in [6, 6.07) is 7.67. The maximum Gasteiger partial charge on any atom is 0.240 e. The van der Waals surface area contributed by atoms with Gasteiger partial charge in [0.05, 0.1) is 30.6 Å². The van der Waals surface area contributed by atoms with Crippen molar-refractivity contribution in [3.05, 3.63) is 48.4 Å². The molecule has 2 N–H and O–H groups in total. The lowest BCUT2D eigenvalue weighted by Crippen LogP contribution is -2.28. The van der Waals surface area contributed by atoms with Crippen molar-refractivity contribution in [3.8, 4) is 5.75 Å². The average molecular weight is 297 g/mol. The summed E-state index contributed by atoms with van der Waals surface area (Å²) in [5.41, 5.74) is 0.512. The lowest BCUT2D eigenvalue weighted by atomic mass is 10.2. The first kappa shape index (κ1) is 14.6. The van der Waals surface area contributed by atoms with Gasteiger partial charge >= 0.3 is 0 Å². The van der Waals surface area contributed by atoms with Crippen molar-refractivity contribution >= 4 is 10.0 Å². The zero-order chi connectivity index (χ0) is 14.6. The van der Waals surface area contributed by atoms with Gasteiger partial charge in [0.25, 0.3) is 0 Å². The highest BCUT2D eigenvalue weighted by Gasteiger charge is 2.17. The number of furan rings is 1. The first-order chi connectivity index (χ1) is 9.53. The molecule has 0 aliphatic rings. The fourth-order valence-corrected chi connectivity index (χ4v) is 2.70. The minimum Gasteiger partial charge on any atom is -0.497 e. The van der Waals surface area contributed by atoms with Crippen LogP contribution in [0.3, 0.4) is 0 Å². The Hall–Kier alpha value is -1.83. The molecular weight excluding hydrogens is 282 g/mol. The summed E-state index contributed by atoms with van der Waals surface area (Å²) < 4.78 is 36.3. The van der Waals surface area contributed by atoms with Gasteiger partial charge in [-0.25, -0.2) is 13.1 Å². The molecule has 1 aromatic carbocycles. The van der Waals surface area contributed by atoms with E-state index in [0.29, 0.717) is 11.3 Å². The smallest absolute Gasteiger partial charge is 0.240 e. The molecule has 1 heterocycles. The highest BCUT2D eigenvalue weighted by molar-refractivity contribution is 7.89. The lowest BCUT2D eigenvalue weighted by Gasteiger charge is -2.11. The molecule has 2 aromatic rings. The fourth-order valence-electron chi connectivity index (χ4n) is 1.62. The standard InChI is InChI=1S/C13H15NO5S/c1-18-11-3-2-4-12(7-11)20(16,17)14-8-13(15)10-5-6-19-9-10/h2-7,9,13-15H,8H2,1H3. The fraction of sp³-hybridized carbons (Fsp3) is 0.231. The van der Waals surface area contributed by atoms with Gasteiger partial charge in [0.2, 0.25) is 10.0 Å². The van der Waals surface area contributed by atoms with Gasteiger partial charge in [-0.1, -0.05) is 6.07 Å². The van der Waals surface area contributed by atoms with Crippen molar-refractivity contribution in [2.45, 2.75) is 11.0 Å². The highest BCUT2D eigenvalue weighted by Crippen LogP contribution is 2.18. The van der Waals surface area contributed by atoms with Crippen molar-refractivity contribution in [2.75, 3.05) is 13.7 Å². The summed E-state index contributed by atoms with van der Waals surface area (Å²) in [7, 11) is -2.24. The predicted octanol–water partition coefficient (Wildman–Crippen LogP) is 1.30. The molecule has 7 heteroatoms. The number of ether oxygens (including phenoxy) is 1. The molecule has 1 aromatic heterocycles.